The Hall–Kier alpha value is -2.27. The number of thiol groups is 1. The van der Waals surface area contributed by atoms with Crippen LogP contribution in [0.4, 0.5) is 0 Å². The third-order valence-electron chi connectivity index (χ3n) is 4.28. The first-order valence-corrected chi connectivity index (χ1v) is 9.43. The maximum atomic E-state index is 13.4. The van der Waals surface area contributed by atoms with Gasteiger partial charge >= 0.3 is 0 Å². The van der Waals surface area contributed by atoms with E-state index in [-0.39, 0.29) is 11.8 Å². The van der Waals surface area contributed by atoms with Crippen molar-refractivity contribution in [1.29, 1.82) is 0 Å². The van der Waals surface area contributed by atoms with Crippen LogP contribution >= 0.6 is 12.6 Å². The smallest absolute Gasteiger partial charge is 0.256 e. The maximum Gasteiger partial charge on any atom is 0.256 e. The molecule has 0 spiro atoms. The molecule has 0 radical (unpaired) electrons. The average Bonchev–Trinajstić information content (AvgIpc) is 2.59. The van der Waals surface area contributed by atoms with Crippen molar-refractivity contribution in [1.82, 2.24) is 10.2 Å². The normalized spacial score (nSPS) is 11.8. The lowest BCUT2D eigenvalue weighted by atomic mass is 9.96. The Morgan fingerprint density at radius 2 is 1.48 bits per heavy atom. The van der Waals surface area contributed by atoms with Gasteiger partial charge in [-0.2, -0.15) is 0 Å². The first kappa shape index (κ1) is 21.0. The zero-order valence-electron chi connectivity index (χ0n) is 16.6. The summed E-state index contributed by atoms with van der Waals surface area (Å²) in [6.07, 6.45) is 0. The number of hydrogen-bond acceptors (Lipinski definition) is 3. The molecule has 0 atom stereocenters. The summed E-state index contributed by atoms with van der Waals surface area (Å²) >= 11 is 4.43. The van der Waals surface area contributed by atoms with Gasteiger partial charge in [0.15, 0.2) is 0 Å². The fourth-order valence-corrected chi connectivity index (χ4v) is 2.96. The molecule has 5 heteroatoms. The SMILES string of the molecule is CC(C)(C)NC(=O)C(C)(C)N(Cc1ccccc1)C(=O)c1ccccc1S. The van der Waals surface area contributed by atoms with Crippen LogP contribution in [0.15, 0.2) is 59.5 Å². The molecule has 0 saturated heterocycles. The number of nitrogens with zero attached hydrogens (tertiary/aromatic N) is 1. The number of carbonyl (C=O) groups is 2. The molecule has 1 N–H and O–H groups in total. The molecule has 0 aliphatic rings. The van der Waals surface area contributed by atoms with Gasteiger partial charge in [0.2, 0.25) is 5.91 Å². The molecule has 0 aromatic heterocycles. The van der Waals surface area contributed by atoms with E-state index in [2.05, 4.69) is 17.9 Å². The second-order valence-electron chi connectivity index (χ2n) is 8.16. The summed E-state index contributed by atoms with van der Waals surface area (Å²) in [5.41, 5.74) is 0.000556. The zero-order valence-corrected chi connectivity index (χ0v) is 17.5. The van der Waals surface area contributed by atoms with Crippen molar-refractivity contribution in [3.05, 3.63) is 65.7 Å². The third-order valence-corrected chi connectivity index (χ3v) is 4.67. The number of carbonyl (C=O) groups excluding carboxylic acids is 2. The molecule has 2 amide bonds. The molecule has 0 fully saturated rings. The molecular formula is C22H28N2O2S. The van der Waals surface area contributed by atoms with E-state index >= 15 is 0 Å². The molecule has 27 heavy (non-hydrogen) atoms. The van der Waals surface area contributed by atoms with Crippen LogP contribution < -0.4 is 5.32 Å². The predicted molar refractivity (Wildman–Crippen MR) is 112 cm³/mol. The third kappa shape index (κ3) is 5.36. The highest BCUT2D eigenvalue weighted by Gasteiger charge is 2.39. The lowest BCUT2D eigenvalue weighted by molar-refractivity contribution is -0.132. The number of benzene rings is 2. The summed E-state index contributed by atoms with van der Waals surface area (Å²) in [5.74, 6) is -0.422. The van der Waals surface area contributed by atoms with Crippen molar-refractivity contribution in [3.8, 4) is 0 Å². The molecule has 2 aromatic carbocycles. The summed E-state index contributed by atoms with van der Waals surface area (Å²) in [7, 11) is 0. The Balaban J connectivity index is 2.44. The number of nitrogens with one attached hydrogen (secondary N) is 1. The van der Waals surface area contributed by atoms with Gasteiger partial charge in [-0.05, 0) is 52.3 Å². The van der Waals surface area contributed by atoms with Crippen molar-refractivity contribution < 1.29 is 9.59 Å². The number of hydrogen-bond donors (Lipinski definition) is 2. The average molecular weight is 385 g/mol. The van der Waals surface area contributed by atoms with E-state index in [0.717, 1.165) is 5.56 Å². The molecular weight excluding hydrogens is 356 g/mol. The molecule has 144 valence electrons. The molecule has 0 unspecified atom stereocenters. The first-order valence-electron chi connectivity index (χ1n) is 8.99. The Morgan fingerprint density at radius 1 is 0.926 bits per heavy atom. The monoisotopic (exact) mass is 384 g/mol. The van der Waals surface area contributed by atoms with Crippen LogP contribution in [0.5, 0.6) is 0 Å². The molecule has 0 aliphatic heterocycles. The predicted octanol–water partition coefficient (Wildman–Crippen LogP) is 4.31. The fourth-order valence-electron chi connectivity index (χ4n) is 2.71. The minimum atomic E-state index is -1.05. The Labute approximate surface area is 167 Å². The van der Waals surface area contributed by atoms with Gasteiger partial charge in [-0.25, -0.2) is 0 Å². The number of amides is 2. The minimum absolute atomic E-state index is 0.198. The highest BCUT2D eigenvalue weighted by atomic mass is 32.1. The minimum Gasteiger partial charge on any atom is -0.349 e. The van der Waals surface area contributed by atoms with E-state index < -0.39 is 11.1 Å². The second kappa shape index (κ2) is 8.17. The van der Waals surface area contributed by atoms with Gasteiger partial charge in [-0.1, -0.05) is 42.5 Å². The van der Waals surface area contributed by atoms with Crippen molar-refractivity contribution in [3.63, 3.8) is 0 Å². The van der Waals surface area contributed by atoms with Crippen LogP contribution in [0.2, 0.25) is 0 Å². The summed E-state index contributed by atoms with van der Waals surface area (Å²) < 4.78 is 0. The maximum absolute atomic E-state index is 13.4. The lowest BCUT2D eigenvalue weighted by Crippen LogP contribution is -2.59. The van der Waals surface area contributed by atoms with Crippen molar-refractivity contribution in [2.75, 3.05) is 0 Å². The van der Waals surface area contributed by atoms with Crippen LogP contribution in [-0.2, 0) is 11.3 Å². The molecule has 0 bridgehead atoms. The van der Waals surface area contributed by atoms with Crippen LogP contribution in [0, 0.1) is 0 Å². The first-order chi connectivity index (χ1) is 12.5. The van der Waals surface area contributed by atoms with Gasteiger partial charge in [0.25, 0.3) is 5.91 Å². The zero-order chi connectivity index (χ0) is 20.2. The second-order valence-corrected chi connectivity index (χ2v) is 8.64. The molecule has 2 aromatic rings. The molecule has 0 aliphatic carbocycles. The summed E-state index contributed by atoms with van der Waals surface area (Å²) in [4.78, 5) is 28.6. The highest BCUT2D eigenvalue weighted by Crippen LogP contribution is 2.25. The molecule has 0 saturated carbocycles. The topological polar surface area (TPSA) is 49.4 Å². The Morgan fingerprint density at radius 3 is 2.04 bits per heavy atom. The standard InChI is InChI=1S/C22H28N2O2S/c1-21(2,3)23-20(26)22(4,5)24(15-16-11-7-6-8-12-16)19(25)17-13-9-10-14-18(17)27/h6-14,27H,15H2,1-5H3,(H,23,26). The van der Waals surface area contributed by atoms with Crippen molar-refractivity contribution >= 4 is 24.4 Å². The van der Waals surface area contributed by atoms with E-state index in [1.807, 2.05) is 57.2 Å². The van der Waals surface area contributed by atoms with Crippen LogP contribution in [0.3, 0.4) is 0 Å². The van der Waals surface area contributed by atoms with Crippen molar-refractivity contribution in [2.45, 2.75) is 57.1 Å². The van der Waals surface area contributed by atoms with E-state index in [4.69, 9.17) is 0 Å². The summed E-state index contributed by atoms with van der Waals surface area (Å²) in [5, 5.41) is 2.99. The van der Waals surface area contributed by atoms with Crippen LogP contribution in [0.1, 0.15) is 50.5 Å². The van der Waals surface area contributed by atoms with Gasteiger partial charge in [-0.3, -0.25) is 9.59 Å². The van der Waals surface area contributed by atoms with Gasteiger partial charge in [0.05, 0.1) is 5.56 Å². The van der Waals surface area contributed by atoms with Crippen LogP contribution in [0.25, 0.3) is 0 Å². The fraction of sp³-hybridized carbons (Fsp3) is 0.364. The highest BCUT2D eigenvalue weighted by molar-refractivity contribution is 7.80. The Kier molecular flexibility index (Phi) is 6.37. The van der Waals surface area contributed by atoms with Crippen LogP contribution in [-0.4, -0.2) is 27.8 Å². The number of rotatable bonds is 5. The summed E-state index contributed by atoms with van der Waals surface area (Å²) in [6, 6.07) is 16.8. The molecule has 0 heterocycles. The van der Waals surface area contributed by atoms with Gasteiger partial charge in [-0.15, -0.1) is 12.6 Å². The molecule has 2 rings (SSSR count). The quantitative estimate of drug-likeness (QED) is 0.755. The Bertz CT molecular complexity index is 811. The largest absolute Gasteiger partial charge is 0.349 e. The van der Waals surface area contributed by atoms with E-state index in [9.17, 15) is 9.59 Å². The lowest BCUT2D eigenvalue weighted by Gasteiger charge is -2.39. The van der Waals surface area contributed by atoms with Gasteiger partial charge in [0, 0.05) is 17.0 Å². The van der Waals surface area contributed by atoms with E-state index in [1.165, 1.54) is 0 Å². The van der Waals surface area contributed by atoms with E-state index in [1.54, 1.807) is 36.9 Å². The van der Waals surface area contributed by atoms with E-state index in [0.29, 0.717) is 17.0 Å². The van der Waals surface area contributed by atoms with Crippen molar-refractivity contribution in [2.24, 2.45) is 0 Å². The molecule has 4 nitrogen and oxygen atoms in total. The van der Waals surface area contributed by atoms with Gasteiger partial charge in [0.1, 0.15) is 5.54 Å². The summed E-state index contributed by atoms with van der Waals surface area (Å²) in [6.45, 7) is 9.65. The van der Waals surface area contributed by atoms with Gasteiger partial charge < -0.3 is 10.2 Å².